The van der Waals surface area contributed by atoms with E-state index in [2.05, 4.69) is 25.7 Å². The largest absolute Gasteiger partial charge is 0.356 e. The van der Waals surface area contributed by atoms with Crippen molar-refractivity contribution in [3.63, 3.8) is 0 Å². The van der Waals surface area contributed by atoms with E-state index >= 15 is 0 Å². The van der Waals surface area contributed by atoms with E-state index < -0.39 is 0 Å². The van der Waals surface area contributed by atoms with Crippen LogP contribution in [0.5, 0.6) is 0 Å². The highest BCUT2D eigenvalue weighted by Gasteiger charge is 2.38. The summed E-state index contributed by atoms with van der Waals surface area (Å²) in [4.78, 5) is 8.46. The van der Waals surface area contributed by atoms with E-state index in [9.17, 15) is 0 Å². The van der Waals surface area contributed by atoms with Gasteiger partial charge in [-0.25, -0.2) is 4.98 Å². The maximum absolute atomic E-state index is 4.27. The first kappa shape index (κ1) is 17.5. The van der Waals surface area contributed by atoms with Gasteiger partial charge in [0.15, 0.2) is 5.96 Å². The fraction of sp³-hybridized carbons (Fsp3) is 0.800. The molecule has 0 amide bonds. The smallest absolute Gasteiger partial charge is 0.191 e. The average molecular weight is 418 g/mol. The van der Waals surface area contributed by atoms with Crippen LogP contribution in [0.1, 0.15) is 37.9 Å². The summed E-state index contributed by atoms with van der Waals surface area (Å²) in [5.41, 5.74) is 0. The third kappa shape index (κ3) is 4.11. The quantitative estimate of drug-likeness (QED) is 0.436. The molecule has 0 aliphatic heterocycles. The van der Waals surface area contributed by atoms with Crippen molar-refractivity contribution in [1.29, 1.82) is 0 Å². The summed E-state index contributed by atoms with van der Waals surface area (Å²) in [5.74, 6) is 4.74. The maximum atomic E-state index is 4.27. The number of rotatable bonds is 5. The molecule has 2 fully saturated rings. The van der Waals surface area contributed by atoms with Gasteiger partial charge in [0.1, 0.15) is 12.2 Å². The summed E-state index contributed by atoms with van der Waals surface area (Å²) in [6, 6.07) is 0. The van der Waals surface area contributed by atoms with Gasteiger partial charge in [-0.05, 0) is 43.4 Å². The molecule has 0 saturated heterocycles. The molecule has 22 heavy (non-hydrogen) atoms. The molecule has 124 valence electrons. The van der Waals surface area contributed by atoms with E-state index in [1.165, 1.54) is 32.1 Å². The van der Waals surface area contributed by atoms with Crippen molar-refractivity contribution in [3.8, 4) is 0 Å². The van der Waals surface area contributed by atoms with Crippen molar-refractivity contribution < 1.29 is 0 Å². The molecule has 3 unspecified atom stereocenters. The lowest BCUT2D eigenvalue weighted by molar-refractivity contribution is 0.315. The van der Waals surface area contributed by atoms with Crippen molar-refractivity contribution in [2.24, 2.45) is 29.8 Å². The van der Waals surface area contributed by atoms with Crippen LogP contribution in [0.3, 0.4) is 0 Å². The van der Waals surface area contributed by atoms with E-state index in [4.69, 9.17) is 0 Å². The number of guanidine groups is 1. The van der Waals surface area contributed by atoms with Gasteiger partial charge < -0.3 is 10.6 Å². The predicted octanol–water partition coefficient (Wildman–Crippen LogP) is 1.92. The molecule has 3 rings (SSSR count). The van der Waals surface area contributed by atoms with Gasteiger partial charge in [-0.2, -0.15) is 5.10 Å². The summed E-state index contributed by atoms with van der Waals surface area (Å²) >= 11 is 0. The van der Waals surface area contributed by atoms with Gasteiger partial charge in [-0.3, -0.25) is 9.67 Å². The Bertz CT molecular complexity index is 500. The zero-order valence-corrected chi connectivity index (χ0v) is 15.8. The molecule has 2 N–H and O–H groups in total. The highest BCUT2D eigenvalue weighted by molar-refractivity contribution is 14.0. The zero-order chi connectivity index (χ0) is 14.7. The second kappa shape index (κ2) is 8.12. The first-order valence-corrected chi connectivity index (χ1v) is 8.03. The maximum Gasteiger partial charge on any atom is 0.191 e. The standard InChI is InChI=1S/C15H26N6.HI/c1-16-15(18-9-14-19-10-20-21(14)2)17-6-5-13-8-11-3-4-12(13)7-11;/h10-13H,3-9H2,1-2H3,(H2,16,17,18);1H. The normalized spacial score (nSPS) is 26.8. The highest BCUT2D eigenvalue weighted by atomic mass is 127. The molecule has 0 spiro atoms. The van der Waals surface area contributed by atoms with Crippen LogP contribution in [0.15, 0.2) is 11.3 Å². The van der Waals surface area contributed by atoms with Crippen molar-refractivity contribution >= 4 is 29.9 Å². The van der Waals surface area contributed by atoms with Crippen LogP contribution in [0.2, 0.25) is 0 Å². The van der Waals surface area contributed by atoms with Crippen molar-refractivity contribution in [3.05, 3.63) is 12.2 Å². The summed E-state index contributed by atoms with van der Waals surface area (Å²) < 4.78 is 1.77. The first-order valence-electron chi connectivity index (χ1n) is 8.03. The summed E-state index contributed by atoms with van der Waals surface area (Å²) in [7, 11) is 3.71. The molecule has 1 aromatic rings. The predicted molar refractivity (Wildman–Crippen MR) is 98.2 cm³/mol. The van der Waals surface area contributed by atoms with Crippen LogP contribution in [0.25, 0.3) is 0 Å². The number of halogens is 1. The van der Waals surface area contributed by atoms with Gasteiger partial charge in [0.2, 0.25) is 0 Å². The summed E-state index contributed by atoms with van der Waals surface area (Å²) in [6.07, 6.45) is 8.74. The number of aromatic nitrogens is 3. The molecule has 2 aliphatic rings. The molecule has 3 atom stereocenters. The number of nitrogens with zero attached hydrogens (tertiary/aromatic N) is 4. The Labute approximate surface area is 149 Å². The monoisotopic (exact) mass is 418 g/mol. The molecule has 1 aromatic heterocycles. The average Bonchev–Trinajstić information content (AvgIpc) is 3.19. The Hall–Kier alpha value is -0.860. The lowest BCUT2D eigenvalue weighted by Crippen LogP contribution is -2.38. The summed E-state index contributed by atoms with van der Waals surface area (Å²) in [5, 5.41) is 10.8. The van der Waals surface area contributed by atoms with Crippen LogP contribution in [0.4, 0.5) is 0 Å². The Kier molecular flexibility index (Phi) is 6.46. The number of fused-ring (bicyclic) bond motifs is 2. The van der Waals surface area contributed by atoms with Gasteiger partial charge in [0.05, 0.1) is 6.54 Å². The third-order valence-corrected chi connectivity index (χ3v) is 5.13. The van der Waals surface area contributed by atoms with Crippen LogP contribution in [0, 0.1) is 17.8 Å². The molecular formula is C15H27IN6. The van der Waals surface area contributed by atoms with E-state index in [1.807, 2.05) is 14.1 Å². The van der Waals surface area contributed by atoms with Crippen LogP contribution in [-0.2, 0) is 13.6 Å². The molecule has 2 aliphatic carbocycles. The van der Waals surface area contributed by atoms with Crippen molar-refractivity contribution in [2.45, 2.75) is 38.6 Å². The van der Waals surface area contributed by atoms with Gasteiger partial charge >= 0.3 is 0 Å². The van der Waals surface area contributed by atoms with E-state index in [0.717, 1.165) is 36.1 Å². The van der Waals surface area contributed by atoms with Gasteiger partial charge in [0.25, 0.3) is 0 Å². The Morgan fingerprint density at radius 1 is 1.36 bits per heavy atom. The SMILES string of the molecule is CN=C(NCCC1CC2CCC1C2)NCc1ncnn1C.I. The van der Waals surface area contributed by atoms with Crippen molar-refractivity contribution in [1.82, 2.24) is 25.4 Å². The van der Waals surface area contributed by atoms with Crippen molar-refractivity contribution in [2.75, 3.05) is 13.6 Å². The molecule has 7 heteroatoms. The number of aryl methyl sites for hydroxylation is 1. The van der Waals surface area contributed by atoms with Crippen LogP contribution >= 0.6 is 24.0 Å². The lowest BCUT2D eigenvalue weighted by atomic mass is 9.86. The van der Waals surface area contributed by atoms with E-state index in [-0.39, 0.29) is 24.0 Å². The minimum absolute atomic E-state index is 0. The number of aliphatic imine (C=N–C) groups is 1. The Morgan fingerprint density at radius 3 is 2.82 bits per heavy atom. The van der Waals surface area contributed by atoms with Gasteiger partial charge in [-0.15, -0.1) is 24.0 Å². The molecule has 2 bridgehead atoms. The number of hydrogen-bond donors (Lipinski definition) is 2. The van der Waals surface area contributed by atoms with E-state index in [0.29, 0.717) is 6.54 Å². The van der Waals surface area contributed by atoms with Gasteiger partial charge in [0, 0.05) is 20.6 Å². The number of nitrogens with one attached hydrogen (secondary N) is 2. The van der Waals surface area contributed by atoms with Crippen LogP contribution < -0.4 is 10.6 Å². The number of hydrogen-bond acceptors (Lipinski definition) is 3. The molecule has 0 radical (unpaired) electrons. The summed E-state index contributed by atoms with van der Waals surface area (Å²) in [6.45, 7) is 1.65. The highest BCUT2D eigenvalue weighted by Crippen LogP contribution is 2.49. The Morgan fingerprint density at radius 2 is 2.23 bits per heavy atom. The molecule has 0 aromatic carbocycles. The zero-order valence-electron chi connectivity index (χ0n) is 13.5. The molecule has 6 nitrogen and oxygen atoms in total. The minimum Gasteiger partial charge on any atom is -0.356 e. The van der Waals surface area contributed by atoms with E-state index in [1.54, 1.807) is 11.0 Å². The van der Waals surface area contributed by atoms with Gasteiger partial charge in [-0.1, -0.05) is 6.42 Å². The second-order valence-corrected chi connectivity index (χ2v) is 6.38. The minimum atomic E-state index is 0. The molecule has 1 heterocycles. The lowest BCUT2D eigenvalue weighted by Gasteiger charge is -2.22. The third-order valence-electron chi connectivity index (χ3n) is 5.13. The fourth-order valence-electron chi connectivity index (χ4n) is 3.97. The fourth-order valence-corrected chi connectivity index (χ4v) is 3.97. The van der Waals surface area contributed by atoms with Crippen LogP contribution in [-0.4, -0.2) is 34.3 Å². The molecule has 2 saturated carbocycles. The second-order valence-electron chi connectivity index (χ2n) is 6.38. The topological polar surface area (TPSA) is 67.1 Å². The Balaban J connectivity index is 0.00000176. The molecular weight excluding hydrogens is 391 g/mol. The first-order chi connectivity index (χ1) is 10.3.